The molecule has 1 aromatic rings. The fourth-order valence-electron chi connectivity index (χ4n) is 2.71. The highest BCUT2D eigenvalue weighted by atomic mass is 35.5. The summed E-state index contributed by atoms with van der Waals surface area (Å²) >= 11 is 5.56. The largest absolute Gasteiger partial charge is 0.433 e. The van der Waals surface area contributed by atoms with Crippen molar-refractivity contribution in [2.75, 3.05) is 11.9 Å². The van der Waals surface area contributed by atoms with E-state index in [4.69, 9.17) is 11.6 Å². The molecule has 0 atom stereocenters. The summed E-state index contributed by atoms with van der Waals surface area (Å²) in [5.41, 5.74) is -0.854. The number of alkyl halides is 3. The van der Waals surface area contributed by atoms with Crippen LogP contribution in [-0.4, -0.2) is 16.5 Å². The molecule has 7 heteroatoms. The van der Waals surface area contributed by atoms with Crippen LogP contribution in [0.1, 0.15) is 44.7 Å². The fourth-order valence-corrected chi connectivity index (χ4v) is 2.89. The molecule has 3 nitrogen and oxygen atoms in total. The van der Waals surface area contributed by atoms with Crippen molar-refractivity contribution in [1.29, 1.82) is 0 Å². The number of nitrogens with one attached hydrogen (secondary N) is 1. The summed E-state index contributed by atoms with van der Waals surface area (Å²) in [5.74, 6) is 0.136. The summed E-state index contributed by atoms with van der Waals surface area (Å²) in [6, 6.07) is 0.907. The lowest BCUT2D eigenvalue weighted by atomic mass is 9.83. The molecule has 0 bridgehead atoms. The molecule has 1 fully saturated rings. The monoisotopic (exact) mass is 307 g/mol. The average molecular weight is 308 g/mol. The van der Waals surface area contributed by atoms with Crippen LogP contribution in [-0.2, 0) is 6.18 Å². The van der Waals surface area contributed by atoms with Crippen LogP contribution < -0.4 is 5.32 Å². The minimum absolute atomic E-state index is 0.136. The average Bonchev–Trinajstić information content (AvgIpc) is 2.84. The predicted octanol–water partition coefficient (Wildman–Crippen LogP) is 4.53. The molecule has 0 amide bonds. The standard InChI is InChI=1S/C13H17ClF3N3/c1-2-12(5-3-4-6-12)8-18-10-7-9(13(15,16)17)19-11(14)20-10/h7H,2-6,8H2,1H3,(H,18,19,20). The van der Waals surface area contributed by atoms with Crippen molar-refractivity contribution >= 4 is 17.4 Å². The molecule has 0 saturated heterocycles. The minimum Gasteiger partial charge on any atom is -0.369 e. The predicted molar refractivity (Wildman–Crippen MR) is 71.7 cm³/mol. The molecular weight excluding hydrogens is 291 g/mol. The Labute approximate surface area is 120 Å². The van der Waals surface area contributed by atoms with Crippen molar-refractivity contribution in [1.82, 2.24) is 9.97 Å². The van der Waals surface area contributed by atoms with Gasteiger partial charge < -0.3 is 5.32 Å². The first-order valence-electron chi connectivity index (χ1n) is 6.70. The van der Waals surface area contributed by atoms with E-state index < -0.39 is 11.9 Å². The Kier molecular flexibility index (Phi) is 4.42. The fraction of sp³-hybridized carbons (Fsp3) is 0.692. The van der Waals surface area contributed by atoms with Gasteiger partial charge in [0.1, 0.15) is 5.82 Å². The van der Waals surface area contributed by atoms with Crippen LogP contribution in [0.4, 0.5) is 19.0 Å². The number of aromatic nitrogens is 2. The highest BCUT2D eigenvalue weighted by molar-refractivity contribution is 6.28. The van der Waals surface area contributed by atoms with E-state index in [0.717, 1.165) is 25.3 Å². The molecule has 0 spiro atoms. The molecule has 1 aliphatic carbocycles. The quantitative estimate of drug-likeness (QED) is 0.830. The lowest BCUT2D eigenvalue weighted by Gasteiger charge is -2.28. The van der Waals surface area contributed by atoms with Gasteiger partial charge in [-0.05, 0) is 36.3 Å². The number of nitrogens with zero attached hydrogens (tertiary/aromatic N) is 2. The normalized spacial score (nSPS) is 18.2. The maximum Gasteiger partial charge on any atom is 0.433 e. The smallest absolute Gasteiger partial charge is 0.369 e. The Balaban J connectivity index is 2.11. The number of hydrogen-bond donors (Lipinski definition) is 1. The molecule has 1 aliphatic rings. The molecule has 1 heterocycles. The molecule has 0 radical (unpaired) electrons. The van der Waals surface area contributed by atoms with Crippen molar-refractivity contribution in [3.63, 3.8) is 0 Å². The Bertz CT molecular complexity index is 470. The van der Waals surface area contributed by atoms with Crippen molar-refractivity contribution < 1.29 is 13.2 Å². The summed E-state index contributed by atoms with van der Waals surface area (Å²) in [6.07, 6.45) is 1.04. The van der Waals surface area contributed by atoms with Crippen LogP contribution in [0.3, 0.4) is 0 Å². The Morgan fingerprint density at radius 1 is 1.30 bits per heavy atom. The topological polar surface area (TPSA) is 37.8 Å². The first kappa shape index (κ1) is 15.4. The Morgan fingerprint density at radius 2 is 1.95 bits per heavy atom. The van der Waals surface area contributed by atoms with Crippen molar-refractivity contribution in [3.8, 4) is 0 Å². The highest BCUT2D eigenvalue weighted by Gasteiger charge is 2.34. The SMILES string of the molecule is CCC1(CNc2cc(C(F)(F)F)nc(Cl)n2)CCCC1. The van der Waals surface area contributed by atoms with Gasteiger partial charge in [0.25, 0.3) is 0 Å². The zero-order valence-electron chi connectivity index (χ0n) is 11.2. The summed E-state index contributed by atoms with van der Waals surface area (Å²) in [6.45, 7) is 2.73. The summed E-state index contributed by atoms with van der Waals surface area (Å²) in [7, 11) is 0. The van der Waals surface area contributed by atoms with Gasteiger partial charge in [0, 0.05) is 12.6 Å². The molecular formula is C13H17ClF3N3. The van der Waals surface area contributed by atoms with Crippen molar-refractivity contribution in [2.24, 2.45) is 5.41 Å². The van der Waals surface area contributed by atoms with E-state index in [0.29, 0.717) is 6.54 Å². The second-order valence-corrected chi connectivity index (χ2v) is 5.66. The van der Waals surface area contributed by atoms with E-state index in [1.54, 1.807) is 0 Å². The van der Waals surface area contributed by atoms with E-state index >= 15 is 0 Å². The Morgan fingerprint density at radius 3 is 2.50 bits per heavy atom. The van der Waals surface area contributed by atoms with E-state index in [1.807, 2.05) is 0 Å². The van der Waals surface area contributed by atoms with Gasteiger partial charge in [-0.3, -0.25) is 0 Å². The van der Waals surface area contributed by atoms with Crippen LogP contribution in [0.25, 0.3) is 0 Å². The molecule has 20 heavy (non-hydrogen) atoms. The van der Waals surface area contributed by atoms with Gasteiger partial charge in [0.2, 0.25) is 5.28 Å². The van der Waals surface area contributed by atoms with E-state index in [9.17, 15) is 13.2 Å². The van der Waals surface area contributed by atoms with Crippen molar-refractivity contribution in [2.45, 2.75) is 45.2 Å². The van der Waals surface area contributed by atoms with Crippen molar-refractivity contribution in [3.05, 3.63) is 17.0 Å². The molecule has 1 saturated carbocycles. The maximum absolute atomic E-state index is 12.7. The van der Waals surface area contributed by atoms with Gasteiger partial charge in [-0.15, -0.1) is 0 Å². The van der Waals surface area contributed by atoms with E-state index in [2.05, 4.69) is 22.2 Å². The highest BCUT2D eigenvalue weighted by Crippen LogP contribution is 2.41. The summed E-state index contributed by atoms with van der Waals surface area (Å²) in [5, 5.41) is 2.61. The summed E-state index contributed by atoms with van der Waals surface area (Å²) in [4.78, 5) is 7.03. The zero-order valence-corrected chi connectivity index (χ0v) is 12.0. The Hall–Kier alpha value is -1.04. The maximum atomic E-state index is 12.7. The second kappa shape index (κ2) is 5.76. The lowest BCUT2D eigenvalue weighted by Crippen LogP contribution is -2.26. The molecule has 2 rings (SSSR count). The van der Waals surface area contributed by atoms with Gasteiger partial charge >= 0.3 is 6.18 Å². The van der Waals surface area contributed by atoms with Gasteiger partial charge in [0.05, 0.1) is 0 Å². The van der Waals surface area contributed by atoms with Crippen LogP contribution in [0.15, 0.2) is 6.07 Å². The van der Waals surface area contributed by atoms with Crippen LogP contribution in [0, 0.1) is 5.41 Å². The molecule has 0 unspecified atom stereocenters. The number of rotatable bonds is 4. The third kappa shape index (κ3) is 3.53. The van der Waals surface area contributed by atoms with Crippen LogP contribution >= 0.6 is 11.6 Å². The molecule has 1 aromatic heterocycles. The molecule has 0 aliphatic heterocycles. The lowest BCUT2D eigenvalue weighted by molar-refractivity contribution is -0.141. The van der Waals surface area contributed by atoms with Gasteiger partial charge in [0.15, 0.2) is 5.69 Å². The van der Waals surface area contributed by atoms with E-state index in [-0.39, 0.29) is 16.5 Å². The minimum atomic E-state index is -4.52. The first-order valence-corrected chi connectivity index (χ1v) is 7.08. The van der Waals surface area contributed by atoms with Gasteiger partial charge in [-0.1, -0.05) is 19.8 Å². The number of hydrogen-bond acceptors (Lipinski definition) is 3. The first-order chi connectivity index (χ1) is 9.35. The van der Waals surface area contributed by atoms with Crippen LogP contribution in [0.5, 0.6) is 0 Å². The van der Waals surface area contributed by atoms with E-state index in [1.165, 1.54) is 12.8 Å². The third-order valence-electron chi connectivity index (χ3n) is 4.05. The van der Waals surface area contributed by atoms with Gasteiger partial charge in [-0.2, -0.15) is 13.2 Å². The third-order valence-corrected chi connectivity index (χ3v) is 4.22. The van der Waals surface area contributed by atoms with Crippen LogP contribution in [0.2, 0.25) is 5.28 Å². The molecule has 0 aromatic carbocycles. The van der Waals surface area contributed by atoms with Gasteiger partial charge in [-0.25, -0.2) is 9.97 Å². The number of anilines is 1. The second-order valence-electron chi connectivity index (χ2n) is 5.32. The number of halogens is 4. The molecule has 1 N–H and O–H groups in total. The zero-order chi connectivity index (χ0) is 14.8. The summed E-state index contributed by atoms with van der Waals surface area (Å²) < 4.78 is 38.0. The molecule has 112 valence electrons.